The van der Waals surface area contributed by atoms with Crippen molar-refractivity contribution < 1.29 is 56.4 Å². The fourth-order valence-corrected chi connectivity index (χ4v) is 3.90. The van der Waals surface area contributed by atoms with Gasteiger partial charge in [-0.2, -0.15) is 0 Å². The Hall–Kier alpha value is -2.30. The van der Waals surface area contributed by atoms with Gasteiger partial charge in [0.15, 0.2) is 0 Å². The minimum Gasteiger partial charge on any atom is -0.462 e. The summed E-state index contributed by atoms with van der Waals surface area (Å²) in [6.07, 6.45) is 7.84. The van der Waals surface area contributed by atoms with Crippen LogP contribution in [0.25, 0.3) is 0 Å². The standard InChI is InChI=1S/C14H27O6P.C12H15O6P/c1-13(2)14(15)19-11-9-7-5-3-4-6-8-10-12-20-21(16,17)18;1-10(2)12(13)16-8-9-17-19(14,15)18-11-6-4-3-5-7-11/h1,3-12H2,2H3,(H2,16,17,18);3-7H,1,8-9H2,2H3,(H,14,15). The maximum Gasteiger partial charge on any atom is 0.527 e. The van der Waals surface area contributed by atoms with Gasteiger partial charge in [-0.15, -0.1) is 0 Å². The second-order valence-corrected chi connectivity index (χ2v) is 11.3. The highest BCUT2D eigenvalue weighted by atomic mass is 31.2. The normalized spacial score (nSPS) is 12.3. The van der Waals surface area contributed by atoms with E-state index in [1.807, 2.05) is 0 Å². The summed E-state index contributed by atoms with van der Waals surface area (Å²) in [5.74, 6) is -0.694. The van der Waals surface area contributed by atoms with Crippen LogP contribution < -0.4 is 4.52 Å². The van der Waals surface area contributed by atoms with Crippen molar-refractivity contribution in [3.63, 3.8) is 0 Å². The molecule has 0 aliphatic carbocycles. The van der Waals surface area contributed by atoms with E-state index in [1.165, 1.54) is 19.1 Å². The molecule has 0 aliphatic heterocycles. The molecule has 0 amide bonds. The van der Waals surface area contributed by atoms with E-state index in [-0.39, 0.29) is 37.1 Å². The first-order valence-corrected chi connectivity index (χ1v) is 15.8. The maximum atomic E-state index is 11.5. The van der Waals surface area contributed by atoms with Crippen LogP contribution in [0.2, 0.25) is 0 Å². The molecule has 1 unspecified atom stereocenters. The molecule has 0 radical (unpaired) electrons. The van der Waals surface area contributed by atoms with Crippen LogP contribution >= 0.6 is 15.6 Å². The van der Waals surface area contributed by atoms with Gasteiger partial charge in [0.2, 0.25) is 0 Å². The molecule has 0 aromatic heterocycles. The Bertz CT molecular complexity index is 991. The lowest BCUT2D eigenvalue weighted by atomic mass is 10.1. The molecule has 3 N–H and O–H groups in total. The average molecular weight is 609 g/mol. The van der Waals surface area contributed by atoms with Gasteiger partial charge < -0.3 is 23.8 Å². The Morgan fingerprint density at radius 1 is 0.675 bits per heavy atom. The van der Waals surface area contributed by atoms with Crippen molar-refractivity contribution >= 4 is 27.6 Å². The number of carbonyl (C=O) groups excluding carboxylic acids is 2. The van der Waals surface area contributed by atoms with Gasteiger partial charge in [-0.1, -0.05) is 69.9 Å². The van der Waals surface area contributed by atoms with Gasteiger partial charge in [-0.3, -0.25) is 13.9 Å². The molecule has 0 fully saturated rings. The number of esters is 2. The Balaban J connectivity index is 0.000000763. The quantitative estimate of drug-likeness (QED) is 0.0720. The molecule has 1 atom stereocenters. The Morgan fingerprint density at radius 3 is 1.60 bits per heavy atom. The summed E-state index contributed by atoms with van der Waals surface area (Å²) in [5.41, 5.74) is 0.672. The topological polar surface area (TPSA) is 175 Å². The van der Waals surface area contributed by atoms with E-state index in [1.54, 1.807) is 25.1 Å². The van der Waals surface area contributed by atoms with Gasteiger partial charge in [0.05, 0.1) is 19.8 Å². The number of para-hydroxylation sites is 1. The molecule has 0 saturated carbocycles. The van der Waals surface area contributed by atoms with Crippen molar-refractivity contribution in [1.82, 2.24) is 0 Å². The first-order chi connectivity index (χ1) is 18.7. The average Bonchev–Trinajstić information content (AvgIpc) is 2.87. The Labute approximate surface area is 236 Å². The van der Waals surface area contributed by atoms with Crippen LogP contribution in [-0.2, 0) is 37.2 Å². The van der Waals surface area contributed by atoms with Crippen LogP contribution in [-0.4, -0.2) is 53.0 Å². The van der Waals surface area contributed by atoms with Crippen LogP contribution in [0.3, 0.4) is 0 Å². The first-order valence-electron chi connectivity index (χ1n) is 12.8. The van der Waals surface area contributed by atoms with E-state index in [0.717, 1.165) is 44.9 Å². The van der Waals surface area contributed by atoms with Crippen molar-refractivity contribution in [1.29, 1.82) is 0 Å². The molecule has 1 rings (SSSR count). The molecule has 0 aliphatic rings. The van der Waals surface area contributed by atoms with Crippen molar-refractivity contribution in [2.45, 2.75) is 65.2 Å². The SMILES string of the molecule is C=C(C)C(=O)OCCCCCCCCCCOP(=O)(O)O.C=C(C)C(=O)OCCOP(=O)(O)Oc1ccccc1. The molecular weight excluding hydrogens is 566 g/mol. The van der Waals surface area contributed by atoms with Gasteiger partial charge in [0, 0.05) is 11.1 Å². The van der Waals surface area contributed by atoms with Crippen LogP contribution in [0.5, 0.6) is 5.75 Å². The van der Waals surface area contributed by atoms with E-state index in [4.69, 9.17) is 23.8 Å². The number of unbranched alkanes of at least 4 members (excludes halogenated alkanes) is 7. The summed E-state index contributed by atoms with van der Waals surface area (Å²) < 4.78 is 45.4. The minimum atomic E-state index is -4.30. The highest BCUT2D eigenvalue weighted by Crippen LogP contribution is 2.43. The third-order valence-corrected chi connectivity index (χ3v) is 6.23. The fraction of sp³-hybridized carbons (Fsp3) is 0.538. The van der Waals surface area contributed by atoms with Gasteiger partial charge in [-0.25, -0.2) is 18.7 Å². The number of hydrogen-bond donors (Lipinski definition) is 3. The molecule has 0 saturated heterocycles. The molecule has 14 heteroatoms. The largest absolute Gasteiger partial charge is 0.527 e. The van der Waals surface area contributed by atoms with E-state index in [0.29, 0.717) is 18.6 Å². The number of rotatable bonds is 20. The predicted molar refractivity (Wildman–Crippen MR) is 149 cm³/mol. The number of ether oxygens (including phenoxy) is 2. The zero-order chi connectivity index (χ0) is 30.4. The van der Waals surface area contributed by atoms with E-state index in [9.17, 15) is 23.6 Å². The summed E-state index contributed by atoms with van der Waals surface area (Å²) in [6, 6.07) is 8.10. The van der Waals surface area contributed by atoms with Crippen molar-refractivity contribution in [2.75, 3.05) is 26.4 Å². The van der Waals surface area contributed by atoms with Crippen LogP contribution in [0.15, 0.2) is 54.6 Å². The lowest BCUT2D eigenvalue weighted by Gasteiger charge is -2.12. The summed E-state index contributed by atoms with van der Waals surface area (Å²) in [5, 5.41) is 0. The van der Waals surface area contributed by atoms with E-state index >= 15 is 0 Å². The number of phosphoric acid groups is 2. The van der Waals surface area contributed by atoms with Crippen LogP contribution in [0.1, 0.15) is 65.2 Å². The zero-order valence-corrected chi connectivity index (χ0v) is 25.0. The Morgan fingerprint density at radius 2 is 1.12 bits per heavy atom. The number of benzene rings is 1. The van der Waals surface area contributed by atoms with Crippen molar-refractivity contribution in [2.24, 2.45) is 0 Å². The number of phosphoric ester groups is 2. The predicted octanol–water partition coefficient (Wildman–Crippen LogP) is 5.64. The molecule has 0 bridgehead atoms. The molecular formula is C26H42O12P2. The maximum absolute atomic E-state index is 11.5. The van der Waals surface area contributed by atoms with Gasteiger partial charge in [0.1, 0.15) is 12.4 Å². The highest BCUT2D eigenvalue weighted by Gasteiger charge is 2.22. The highest BCUT2D eigenvalue weighted by molar-refractivity contribution is 7.47. The summed E-state index contributed by atoms with van der Waals surface area (Å²) >= 11 is 0. The van der Waals surface area contributed by atoms with Crippen molar-refractivity contribution in [3.8, 4) is 5.75 Å². The third-order valence-electron chi connectivity index (χ3n) is 4.76. The second kappa shape index (κ2) is 21.4. The van der Waals surface area contributed by atoms with E-state index < -0.39 is 21.6 Å². The monoisotopic (exact) mass is 608 g/mol. The van der Waals surface area contributed by atoms with E-state index in [2.05, 4.69) is 22.2 Å². The fourth-order valence-electron chi connectivity index (χ4n) is 2.79. The summed E-state index contributed by atoms with van der Waals surface area (Å²) in [4.78, 5) is 48.5. The van der Waals surface area contributed by atoms with Crippen LogP contribution in [0, 0.1) is 0 Å². The molecule has 12 nitrogen and oxygen atoms in total. The molecule has 1 aromatic carbocycles. The molecule has 1 aromatic rings. The van der Waals surface area contributed by atoms with Crippen molar-refractivity contribution in [3.05, 3.63) is 54.6 Å². The van der Waals surface area contributed by atoms with Gasteiger partial charge >= 0.3 is 27.6 Å². The molecule has 228 valence electrons. The van der Waals surface area contributed by atoms with Gasteiger partial charge in [-0.05, 0) is 38.8 Å². The van der Waals surface area contributed by atoms with Gasteiger partial charge in [0.25, 0.3) is 0 Å². The molecule has 0 spiro atoms. The summed E-state index contributed by atoms with van der Waals surface area (Å²) in [7, 11) is -8.51. The smallest absolute Gasteiger partial charge is 0.462 e. The third kappa shape index (κ3) is 23.6. The van der Waals surface area contributed by atoms with Crippen LogP contribution in [0.4, 0.5) is 0 Å². The summed E-state index contributed by atoms with van der Waals surface area (Å²) in [6.45, 7) is 10.2. The molecule has 0 heterocycles. The number of carbonyl (C=O) groups is 2. The molecule has 40 heavy (non-hydrogen) atoms. The minimum absolute atomic E-state index is 0.109. The Kier molecular flexibility index (Phi) is 20.2. The zero-order valence-electron chi connectivity index (χ0n) is 23.2. The first kappa shape index (κ1) is 37.7. The second-order valence-electron chi connectivity index (χ2n) is 8.69. The lowest BCUT2D eigenvalue weighted by Crippen LogP contribution is -2.11. The lowest BCUT2D eigenvalue weighted by molar-refractivity contribution is -0.140. The number of hydrogen-bond acceptors (Lipinski definition) is 9.